The van der Waals surface area contributed by atoms with Gasteiger partial charge in [-0.2, -0.15) is 0 Å². The molecule has 0 radical (unpaired) electrons. The molecule has 0 spiro atoms. The molecular weight excluding hydrogens is 492 g/mol. The molecule has 222 valence electrons. The second-order valence-corrected chi connectivity index (χ2v) is 12.2. The van der Waals surface area contributed by atoms with Crippen molar-refractivity contribution in [2.45, 2.75) is 136 Å². The Morgan fingerprint density at radius 1 is 1.16 bits per heavy atom. The zero-order valence-electron chi connectivity index (χ0n) is 24.7. The third-order valence-corrected chi connectivity index (χ3v) is 8.27. The van der Waals surface area contributed by atoms with Gasteiger partial charge in [0.2, 0.25) is 0 Å². The number of carbonyl (C=O) groups is 1. The van der Waals surface area contributed by atoms with Crippen LogP contribution in [0.2, 0.25) is 0 Å². The van der Waals surface area contributed by atoms with Gasteiger partial charge >= 0.3 is 5.97 Å². The van der Waals surface area contributed by atoms with Gasteiger partial charge in [0.15, 0.2) is 12.1 Å². The predicted molar refractivity (Wildman–Crippen MR) is 143 cm³/mol. The van der Waals surface area contributed by atoms with Gasteiger partial charge in [-0.25, -0.2) is 0 Å². The van der Waals surface area contributed by atoms with Crippen molar-refractivity contribution in [3.8, 4) is 0 Å². The maximum absolute atomic E-state index is 11.8. The summed E-state index contributed by atoms with van der Waals surface area (Å²) in [7, 11) is 0. The summed E-state index contributed by atoms with van der Waals surface area (Å²) in [6.07, 6.45) is 0.932. The van der Waals surface area contributed by atoms with E-state index in [1.54, 1.807) is 33.8 Å². The van der Waals surface area contributed by atoms with Crippen LogP contribution in [-0.2, 0) is 23.7 Å². The molecule has 38 heavy (non-hydrogen) atoms. The van der Waals surface area contributed by atoms with Gasteiger partial charge in [0, 0.05) is 24.4 Å². The highest BCUT2D eigenvalue weighted by Crippen LogP contribution is 2.40. The number of aliphatic carboxylic acids is 1. The van der Waals surface area contributed by atoms with Crippen molar-refractivity contribution in [3.05, 3.63) is 11.6 Å². The molecule has 2 rings (SSSR count). The summed E-state index contributed by atoms with van der Waals surface area (Å²) in [6, 6.07) is 0. The number of carboxylic acid groups (broad SMARTS) is 1. The van der Waals surface area contributed by atoms with Crippen molar-refractivity contribution >= 4 is 5.97 Å². The lowest BCUT2D eigenvalue weighted by Gasteiger charge is -2.50. The zero-order chi connectivity index (χ0) is 29.0. The third kappa shape index (κ3) is 8.22. The molecule has 0 aromatic heterocycles. The number of rotatable bonds is 12. The monoisotopic (exact) mass is 544 g/mol. The lowest BCUT2D eigenvalue weighted by atomic mass is 9.78. The van der Waals surface area contributed by atoms with Gasteiger partial charge in [-0.3, -0.25) is 4.79 Å². The second kappa shape index (κ2) is 13.5. The molecule has 0 bridgehead atoms. The number of ether oxygens (including phenoxy) is 4. The summed E-state index contributed by atoms with van der Waals surface area (Å²) in [6.45, 7) is 16.5. The maximum atomic E-state index is 11.8. The van der Waals surface area contributed by atoms with Crippen molar-refractivity contribution < 1.29 is 44.2 Å². The van der Waals surface area contributed by atoms with E-state index in [4.69, 9.17) is 18.9 Å². The maximum Gasteiger partial charge on any atom is 0.308 e. The van der Waals surface area contributed by atoms with E-state index in [9.17, 15) is 25.2 Å². The van der Waals surface area contributed by atoms with Crippen molar-refractivity contribution in [2.24, 2.45) is 23.7 Å². The van der Waals surface area contributed by atoms with Crippen LogP contribution in [0.5, 0.6) is 0 Å². The Balaban J connectivity index is 2.40. The molecule has 2 saturated heterocycles. The normalized spacial score (nSPS) is 32.9. The van der Waals surface area contributed by atoms with Crippen LogP contribution < -0.4 is 0 Å². The average molecular weight is 545 g/mol. The fourth-order valence-corrected chi connectivity index (χ4v) is 5.91. The molecule has 9 heteroatoms. The van der Waals surface area contributed by atoms with Gasteiger partial charge in [-0.05, 0) is 72.0 Å². The highest BCUT2D eigenvalue weighted by molar-refractivity contribution is 5.70. The minimum absolute atomic E-state index is 0.375. The number of carboxylic acids is 1. The van der Waals surface area contributed by atoms with E-state index in [0.29, 0.717) is 18.6 Å². The van der Waals surface area contributed by atoms with Crippen LogP contribution in [0, 0.1) is 23.7 Å². The molecule has 2 heterocycles. The van der Waals surface area contributed by atoms with E-state index in [1.165, 1.54) is 0 Å². The summed E-state index contributed by atoms with van der Waals surface area (Å²) in [5, 5.41) is 43.0. The van der Waals surface area contributed by atoms with Crippen LogP contribution in [-0.4, -0.2) is 81.2 Å². The Hall–Kier alpha value is -1.07. The van der Waals surface area contributed by atoms with Crippen LogP contribution in [0.1, 0.15) is 88.0 Å². The molecule has 2 aliphatic heterocycles. The topological polar surface area (TPSA) is 135 Å². The van der Waals surface area contributed by atoms with Crippen LogP contribution in [0.15, 0.2) is 11.6 Å². The van der Waals surface area contributed by atoms with Gasteiger partial charge in [-0.15, -0.1) is 0 Å². The lowest BCUT2D eigenvalue weighted by Crippen LogP contribution is -2.59. The molecule has 0 amide bonds. The van der Waals surface area contributed by atoms with E-state index < -0.39 is 71.9 Å². The third-order valence-electron chi connectivity index (χ3n) is 8.27. The minimum Gasteiger partial charge on any atom is -0.481 e. The van der Waals surface area contributed by atoms with Crippen LogP contribution in [0.25, 0.3) is 0 Å². The first kappa shape index (κ1) is 33.1. The van der Waals surface area contributed by atoms with Gasteiger partial charge < -0.3 is 39.4 Å². The SMILES string of the molecule is CC[C@@H](O)[C@H](C)[C@H](O)[C@@H](C)[C@H](OC1CCCCO1)/C(C)=C/[C@](C)(O)[C@@H]1OC(C)(C)O[C@H]([C@@H](C)C(=O)O)[C@@H]1C. The molecule has 0 aliphatic carbocycles. The van der Waals surface area contributed by atoms with E-state index in [1.807, 2.05) is 34.6 Å². The van der Waals surface area contributed by atoms with Crippen LogP contribution >= 0.6 is 0 Å². The Morgan fingerprint density at radius 2 is 1.79 bits per heavy atom. The highest BCUT2D eigenvalue weighted by Gasteiger charge is 2.50. The van der Waals surface area contributed by atoms with Gasteiger partial charge in [0.1, 0.15) is 5.60 Å². The fourth-order valence-electron chi connectivity index (χ4n) is 5.91. The molecule has 0 aromatic rings. The molecule has 0 saturated carbocycles. The van der Waals surface area contributed by atoms with Gasteiger partial charge in [0.25, 0.3) is 0 Å². The smallest absolute Gasteiger partial charge is 0.308 e. The van der Waals surface area contributed by atoms with E-state index in [2.05, 4.69) is 0 Å². The van der Waals surface area contributed by atoms with Crippen molar-refractivity contribution in [2.75, 3.05) is 6.61 Å². The van der Waals surface area contributed by atoms with Gasteiger partial charge in [-0.1, -0.05) is 27.7 Å². The molecule has 11 atom stereocenters. The summed E-state index contributed by atoms with van der Waals surface area (Å²) >= 11 is 0. The zero-order valence-corrected chi connectivity index (χ0v) is 24.7. The first-order chi connectivity index (χ1) is 17.5. The summed E-state index contributed by atoms with van der Waals surface area (Å²) in [5.41, 5.74) is -0.813. The van der Waals surface area contributed by atoms with Crippen molar-refractivity contribution in [1.29, 1.82) is 0 Å². The standard InChI is InChI=1S/C29H52O9/c1-10-21(30)17(3)23(31)18(4)24(36-22-13-11-12-14-35-22)16(2)15-29(9,34)26-19(5)25(20(6)27(32)33)37-28(7,8)38-26/h15,17-26,30-31,34H,10-14H2,1-9H3,(H,32,33)/b16-15+/t17-,18+,19-,20+,21+,22?,23-,24+,25-,26+,29-/m0/s1. The first-order valence-electron chi connectivity index (χ1n) is 14.2. The number of aliphatic hydroxyl groups is 3. The van der Waals surface area contributed by atoms with E-state index in [0.717, 1.165) is 19.3 Å². The number of hydrogen-bond acceptors (Lipinski definition) is 8. The summed E-state index contributed by atoms with van der Waals surface area (Å²) in [4.78, 5) is 11.8. The molecular formula is C29H52O9. The van der Waals surface area contributed by atoms with Crippen LogP contribution in [0.4, 0.5) is 0 Å². The Kier molecular flexibility index (Phi) is 11.8. The lowest BCUT2D eigenvalue weighted by molar-refractivity contribution is -0.344. The van der Waals surface area contributed by atoms with Crippen molar-refractivity contribution in [3.63, 3.8) is 0 Å². The molecule has 1 unspecified atom stereocenters. The minimum atomic E-state index is -1.50. The fraction of sp³-hybridized carbons (Fsp3) is 0.897. The molecule has 4 N–H and O–H groups in total. The van der Waals surface area contributed by atoms with Crippen LogP contribution in [0.3, 0.4) is 0 Å². The van der Waals surface area contributed by atoms with Gasteiger partial charge in [0.05, 0.1) is 36.4 Å². The quantitative estimate of drug-likeness (QED) is 0.270. The number of hydrogen-bond donors (Lipinski definition) is 4. The highest BCUT2D eigenvalue weighted by atomic mass is 16.7. The molecule has 9 nitrogen and oxygen atoms in total. The predicted octanol–water partition coefficient (Wildman–Crippen LogP) is 3.88. The summed E-state index contributed by atoms with van der Waals surface area (Å²) < 4.78 is 24.4. The molecule has 2 fully saturated rings. The Bertz CT molecular complexity index is 789. The van der Waals surface area contributed by atoms with E-state index in [-0.39, 0.29) is 5.92 Å². The first-order valence-corrected chi connectivity index (χ1v) is 14.2. The second-order valence-electron chi connectivity index (χ2n) is 12.2. The summed E-state index contributed by atoms with van der Waals surface area (Å²) in [5.74, 6) is -4.09. The molecule has 0 aromatic carbocycles. The van der Waals surface area contributed by atoms with E-state index >= 15 is 0 Å². The number of aliphatic hydroxyl groups excluding tert-OH is 2. The van der Waals surface area contributed by atoms with Crippen molar-refractivity contribution in [1.82, 2.24) is 0 Å². The Labute approximate surface area is 228 Å². The molecule has 2 aliphatic rings. The Morgan fingerprint density at radius 3 is 2.32 bits per heavy atom. The largest absolute Gasteiger partial charge is 0.481 e. The average Bonchev–Trinajstić information content (AvgIpc) is 2.86.